The molecule has 1 aromatic heterocycles. The minimum atomic E-state index is -0.183. The van der Waals surface area contributed by atoms with Crippen molar-refractivity contribution in [3.05, 3.63) is 33.8 Å². The average molecular weight is 320 g/mol. The van der Waals surface area contributed by atoms with Crippen LogP contribution < -0.4 is 14.8 Å². The molecule has 0 fully saturated rings. The molecule has 0 aliphatic heterocycles. The second kappa shape index (κ2) is 7.26. The summed E-state index contributed by atoms with van der Waals surface area (Å²) in [7, 11) is 0. The summed E-state index contributed by atoms with van der Waals surface area (Å²) in [5, 5.41) is 3.76. The number of hydrogen-bond acceptors (Lipinski definition) is 5. The van der Waals surface area contributed by atoms with Crippen molar-refractivity contribution in [1.29, 1.82) is 0 Å². The SMILES string of the molecule is CCOc1ccc(OCC)c(NC(=O)c2sc(C)nc2C)c1. The molecule has 0 saturated heterocycles. The number of nitrogens with zero attached hydrogens (tertiary/aromatic N) is 1. The Kier molecular flexibility index (Phi) is 5.38. The normalized spacial score (nSPS) is 10.4. The first-order valence-electron chi connectivity index (χ1n) is 7.20. The summed E-state index contributed by atoms with van der Waals surface area (Å²) in [5.74, 6) is 1.13. The molecule has 1 N–H and O–H groups in total. The molecule has 0 spiro atoms. The van der Waals surface area contributed by atoms with Gasteiger partial charge >= 0.3 is 0 Å². The van der Waals surface area contributed by atoms with E-state index in [1.165, 1.54) is 11.3 Å². The molecule has 0 aliphatic carbocycles. The number of anilines is 1. The highest BCUT2D eigenvalue weighted by molar-refractivity contribution is 7.13. The van der Waals surface area contributed by atoms with Crippen molar-refractivity contribution in [2.75, 3.05) is 18.5 Å². The van der Waals surface area contributed by atoms with E-state index in [0.717, 1.165) is 10.7 Å². The fraction of sp³-hybridized carbons (Fsp3) is 0.375. The number of benzene rings is 1. The minimum absolute atomic E-state index is 0.183. The van der Waals surface area contributed by atoms with Crippen molar-refractivity contribution < 1.29 is 14.3 Å². The number of hydrogen-bond donors (Lipinski definition) is 1. The van der Waals surface area contributed by atoms with E-state index in [4.69, 9.17) is 9.47 Å². The van der Waals surface area contributed by atoms with Crippen LogP contribution in [0.4, 0.5) is 5.69 Å². The lowest BCUT2D eigenvalue weighted by atomic mass is 10.2. The first-order chi connectivity index (χ1) is 10.5. The molecule has 0 atom stereocenters. The summed E-state index contributed by atoms with van der Waals surface area (Å²) in [6.07, 6.45) is 0. The van der Waals surface area contributed by atoms with Gasteiger partial charge in [0.05, 0.1) is 29.6 Å². The number of ether oxygens (including phenoxy) is 2. The largest absolute Gasteiger partial charge is 0.494 e. The van der Waals surface area contributed by atoms with Crippen LogP contribution in [0, 0.1) is 13.8 Å². The fourth-order valence-corrected chi connectivity index (χ4v) is 2.88. The van der Waals surface area contributed by atoms with E-state index in [0.29, 0.717) is 35.3 Å². The zero-order valence-electron chi connectivity index (χ0n) is 13.2. The zero-order valence-corrected chi connectivity index (χ0v) is 14.0. The van der Waals surface area contributed by atoms with Crippen molar-refractivity contribution in [2.45, 2.75) is 27.7 Å². The number of thiazole rings is 1. The summed E-state index contributed by atoms with van der Waals surface area (Å²) in [4.78, 5) is 17.3. The molecule has 1 aromatic carbocycles. The highest BCUT2D eigenvalue weighted by Crippen LogP contribution is 2.30. The number of carbonyl (C=O) groups excluding carboxylic acids is 1. The molecule has 0 aliphatic rings. The Labute approximate surface area is 134 Å². The minimum Gasteiger partial charge on any atom is -0.494 e. The van der Waals surface area contributed by atoms with E-state index < -0.39 is 0 Å². The number of amides is 1. The Morgan fingerprint density at radius 1 is 1.23 bits per heavy atom. The van der Waals surface area contributed by atoms with E-state index in [2.05, 4.69) is 10.3 Å². The lowest BCUT2D eigenvalue weighted by Crippen LogP contribution is -2.13. The van der Waals surface area contributed by atoms with E-state index in [1.807, 2.05) is 33.8 Å². The summed E-state index contributed by atoms with van der Waals surface area (Å²) >= 11 is 1.38. The molecule has 22 heavy (non-hydrogen) atoms. The highest BCUT2D eigenvalue weighted by atomic mass is 32.1. The predicted octanol–water partition coefficient (Wildman–Crippen LogP) is 3.81. The summed E-state index contributed by atoms with van der Waals surface area (Å²) in [5.41, 5.74) is 1.34. The number of aryl methyl sites for hydroxylation is 2. The van der Waals surface area contributed by atoms with Gasteiger partial charge in [0.25, 0.3) is 5.91 Å². The van der Waals surface area contributed by atoms with Crippen LogP contribution in [0.5, 0.6) is 11.5 Å². The standard InChI is InChI=1S/C16H20N2O3S/c1-5-20-12-7-8-14(21-6-2)13(9-12)18-16(19)15-10(3)17-11(4)22-15/h7-9H,5-6H2,1-4H3,(H,18,19). The average Bonchev–Trinajstić information content (AvgIpc) is 2.81. The van der Waals surface area contributed by atoms with Crippen molar-refractivity contribution >= 4 is 22.9 Å². The van der Waals surface area contributed by atoms with E-state index in [1.54, 1.807) is 12.1 Å². The Hall–Kier alpha value is -2.08. The smallest absolute Gasteiger partial charge is 0.267 e. The summed E-state index contributed by atoms with van der Waals surface area (Å²) in [6.45, 7) is 8.62. The van der Waals surface area contributed by atoms with Gasteiger partial charge < -0.3 is 14.8 Å². The lowest BCUT2D eigenvalue weighted by molar-refractivity contribution is 0.102. The van der Waals surface area contributed by atoms with E-state index in [9.17, 15) is 4.79 Å². The topological polar surface area (TPSA) is 60.5 Å². The molecule has 1 amide bonds. The molecule has 2 rings (SSSR count). The van der Waals surface area contributed by atoms with Crippen molar-refractivity contribution in [2.24, 2.45) is 0 Å². The van der Waals surface area contributed by atoms with Crippen molar-refractivity contribution in [1.82, 2.24) is 4.98 Å². The lowest BCUT2D eigenvalue weighted by Gasteiger charge is -2.13. The summed E-state index contributed by atoms with van der Waals surface area (Å²) in [6, 6.07) is 5.40. The third-order valence-electron chi connectivity index (χ3n) is 2.92. The Morgan fingerprint density at radius 3 is 2.55 bits per heavy atom. The second-order valence-electron chi connectivity index (χ2n) is 4.63. The number of nitrogens with one attached hydrogen (secondary N) is 1. The molecule has 118 valence electrons. The van der Waals surface area contributed by atoms with Crippen LogP contribution in [0.1, 0.15) is 34.2 Å². The van der Waals surface area contributed by atoms with Gasteiger partial charge in [0.2, 0.25) is 0 Å². The van der Waals surface area contributed by atoms with Gasteiger partial charge in [-0.2, -0.15) is 0 Å². The molecular formula is C16H20N2O3S. The molecule has 5 nitrogen and oxygen atoms in total. The van der Waals surface area contributed by atoms with Gasteiger partial charge in [0.15, 0.2) is 0 Å². The van der Waals surface area contributed by atoms with Crippen molar-refractivity contribution in [3.8, 4) is 11.5 Å². The van der Waals surface area contributed by atoms with Crippen molar-refractivity contribution in [3.63, 3.8) is 0 Å². The molecule has 0 bridgehead atoms. The fourth-order valence-electron chi connectivity index (χ4n) is 2.07. The Bertz CT molecular complexity index is 667. The van der Waals surface area contributed by atoms with Gasteiger partial charge in [-0.15, -0.1) is 11.3 Å². The Morgan fingerprint density at radius 2 is 1.95 bits per heavy atom. The molecule has 0 radical (unpaired) electrons. The van der Waals surface area contributed by atoms with Crippen LogP contribution in [-0.2, 0) is 0 Å². The molecule has 2 aromatic rings. The quantitative estimate of drug-likeness (QED) is 0.879. The maximum Gasteiger partial charge on any atom is 0.267 e. The third kappa shape index (κ3) is 3.76. The van der Waals surface area contributed by atoms with E-state index in [-0.39, 0.29) is 5.91 Å². The highest BCUT2D eigenvalue weighted by Gasteiger charge is 2.16. The molecule has 0 unspecified atom stereocenters. The van der Waals surface area contributed by atoms with E-state index >= 15 is 0 Å². The molecule has 0 saturated carbocycles. The number of aromatic nitrogens is 1. The van der Waals surface area contributed by atoms with Gasteiger partial charge in [-0.3, -0.25) is 4.79 Å². The molecule has 1 heterocycles. The first-order valence-corrected chi connectivity index (χ1v) is 8.01. The van der Waals surface area contributed by atoms with Gasteiger partial charge in [0.1, 0.15) is 16.4 Å². The third-order valence-corrected chi connectivity index (χ3v) is 3.99. The van der Waals surface area contributed by atoms with Crippen LogP contribution in [0.15, 0.2) is 18.2 Å². The zero-order chi connectivity index (χ0) is 16.1. The number of carbonyl (C=O) groups is 1. The maximum absolute atomic E-state index is 12.4. The molecule has 6 heteroatoms. The van der Waals surface area contributed by atoms with Crippen LogP contribution in [-0.4, -0.2) is 24.1 Å². The van der Waals surface area contributed by atoms with Gasteiger partial charge in [-0.1, -0.05) is 0 Å². The summed E-state index contributed by atoms with van der Waals surface area (Å²) < 4.78 is 11.0. The van der Waals surface area contributed by atoms with Crippen LogP contribution in [0.25, 0.3) is 0 Å². The van der Waals surface area contributed by atoms with Gasteiger partial charge in [0, 0.05) is 6.07 Å². The maximum atomic E-state index is 12.4. The second-order valence-corrected chi connectivity index (χ2v) is 5.83. The van der Waals surface area contributed by atoms with Crippen LogP contribution in [0.3, 0.4) is 0 Å². The molecular weight excluding hydrogens is 300 g/mol. The van der Waals surface area contributed by atoms with Gasteiger partial charge in [-0.05, 0) is 39.8 Å². The van der Waals surface area contributed by atoms with Gasteiger partial charge in [-0.25, -0.2) is 4.98 Å². The number of rotatable bonds is 6. The first kappa shape index (κ1) is 16.3. The predicted molar refractivity (Wildman–Crippen MR) is 88.3 cm³/mol. The van der Waals surface area contributed by atoms with Crippen LogP contribution >= 0.6 is 11.3 Å². The Balaban J connectivity index is 2.27. The van der Waals surface area contributed by atoms with Crippen LogP contribution in [0.2, 0.25) is 0 Å². The monoisotopic (exact) mass is 320 g/mol.